The second kappa shape index (κ2) is 12.0. The Morgan fingerprint density at radius 1 is 1.12 bits per heavy atom. The van der Waals surface area contributed by atoms with Crippen LogP contribution in [-0.2, 0) is 20.9 Å². The monoisotopic (exact) mass is 572 g/mol. The van der Waals surface area contributed by atoms with Gasteiger partial charge in [-0.1, -0.05) is 67.5 Å². The Labute approximate surface area is 244 Å². The number of benzene rings is 2. The summed E-state index contributed by atoms with van der Waals surface area (Å²) in [7, 11) is 0. The number of ether oxygens (including phenoxy) is 1. The summed E-state index contributed by atoms with van der Waals surface area (Å²) in [5.74, 6) is -2.02. The van der Waals surface area contributed by atoms with Crippen molar-refractivity contribution in [2.75, 3.05) is 6.54 Å². The molecule has 0 bridgehead atoms. The first-order valence-corrected chi connectivity index (χ1v) is 14.7. The number of fused-ring (bicyclic) bond motifs is 3. The molecule has 3 N–H and O–H groups in total. The van der Waals surface area contributed by atoms with E-state index in [-0.39, 0.29) is 30.9 Å². The highest BCUT2D eigenvalue weighted by atomic mass is 16.6. The summed E-state index contributed by atoms with van der Waals surface area (Å²) >= 11 is 0. The van der Waals surface area contributed by atoms with Gasteiger partial charge in [-0.3, -0.25) is 9.59 Å². The number of para-hydroxylation sites is 2. The lowest BCUT2D eigenvalue weighted by Gasteiger charge is -2.29. The Hall–Kier alpha value is -4.18. The highest BCUT2D eigenvalue weighted by Crippen LogP contribution is 2.45. The summed E-state index contributed by atoms with van der Waals surface area (Å²) in [4.78, 5) is 46.1. The third-order valence-corrected chi connectivity index (χ3v) is 8.56. The summed E-state index contributed by atoms with van der Waals surface area (Å²) in [5, 5.41) is 16.3. The van der Waals surface area contributed by atoms with Gasteiger partial charge in [0.05, 0.1) is 12.6 Å². The van der Waals surface area contributed by atoms with Crippen LogP contribution < -0.4 is 15.4 Å². The standard InChI is InChI=1S/C32H36N4O6/c37-28-26-17-23(41-31-34-24-14-9-10-16-27(24)42-31)20-36(26)29(38)25(33-19-21-11-5-4-6-12-21)15-8-3-1-2-7-13-22-18-32(22,35-28)30(39)40/h4-7,9-14,16,22-23,25-26,33H,1-3,8,15,17-20H2,(H,35,37)(H,39,40)/b13-7-/t22-,23-,25+,26+,32-/m1/s1. The molecule has 3 aliphatic rings. The molecular weight excluding hydrogens is 536 g/mol. The molecule has 2 amide bonds. The Balaban J connectivity index is 1.26. The molecule has 10 nitrogen and oxygen atoms in total. The van der Waals surface area contributed by atoms with Gasteiger partial charge >= 0.3 is 12.0 Å². The molecular formula is C32H36N4O6. The van der Waals surface area contributed by atoms with E-state index in [0.717, 1.165) is 31.2 Å². The molecule has 3 aromatic rings. The molecule has 0 spiro atoms. The predicted molar refractivity (Wildman–Crippen MR) is 154 cm³/mol. The highest BCUT2D eigenvalue weighted by molar-refractivity contribution is 5.95. The Morgan fingerprint density at radius 3 is 2.74 bits per heavy atom. The summed E-state index contributed by atoms with van der Waals surface area (Å²) in [5.41, 5.74) is 0.931. The normalized spacial score (nSPS) is 29.1. The van der Waals surface area contributed by atoms with Gasteiger partial charge in [-0.2, -0.15) is 4.98 Å². The zero-order valence-electron chi connectivity index (χ0n) is 23.4. The van der Waals surface area contributed by atoms with Crippen molar-refractivity contribution < 1.29 is 28.6 Å². The molecule has 6 rings (SSSR count). The molecule has 0 unspecified atom stereocenters. The zero-order chi connectivity index (χ0) is 29.1. The van der Waals surface area contributed by atoms with Gasteiger partial charge in [-0.25, -0.2) is 4.79 Å². The van der Waals surface area contributed by atoms with Gasteiger partial charge in [0.15, 0.2) is 5.58 Å². The number of carbonyl (C=O) groups is 3. The molecule has 2 aromatic carbocycles. The number of allylic oxidation sites excluding steroid dienone is 1. The fourth-order valence-electron chi connectivity index (χ4n) is 6.08. The van der Waals surface area contributed by atoms with Gasteiger partial charge in [0.25, 0.3) is 0 Å². The lowest BCUT2D eigenvalue weighted by atomic mass is 10.0. The van der Waals surface area contributed by atoms with Gasteiger partial charge in [-0.15, -0.1) is 0 Å². The summed E-state index contributed by atoms with van der Waals surface area (Å²) in [6.45, 7) is 0.667. The number of aromatic nitrogens is 1. The predicted octanol–water partition coefficient (Wildman–Crippen LogP) is 3.81. The average molecular weight is 573 g/mol. The van der Waals surface area contributed by atoms with Crippen LogP contribution in [0.4, 0.5) is 0 Å². The van der Waals surface area contributed by atoms with Gasteiger partial charge in [0.1, 0.15) is 23.2 Å². The minimum atomic E-state index is -1.35. The molecule has 2 fully saturated rings. The van der Waals surface area contributed by atoms with Crippen molar-refractivity contribution in [2.45, 2.75) is 75.2 Å². The number of carbonyl (C=O) groups excluding carboxylic acids is 2. The average Bonchev–Trinajstić information content (AvgIpc) is 3.31. The van der Waals surface area contributed by atoms with Crippen molar-refractivity contribution in [1.29, 1.82) is 0 Å². The maximum absolute atomic E-state index is 14.1. The van der Waals surface area contributed by atoms with E-state index in [4.69, 9.17) is 9.15 Å². The van der Waals surface area contributed by atoms with E-state index in [1.807, 2.05) is 60.7 Å². The first-order valence-electron chi connectivity index (χ1n) is 14.7. The van der Waals surface area contributed by atoms with Crippen LogP contribution in [0.3, 0.4) is 0 Å². The topological polar surface area (TPSA) is 134 Å². The largest absolute Gasteiger partial charge is 0.479 e. The van der Waals surface area contributed by atoms with E-state index in [1.165, 1.54) is 0 Å². The van der Waals surface area contributed by atoms with Crippen LogP contribution in [0.25, 0.3) is 11.1 Å². The SMILES string of the molecule is O=C1N[C@]2(C(=O)O)C[C@H]2/C=C\CCCCC[C@H](NCc2ccccc2)C(=O)N2C[C@H](Oc3nc4ccccc4o3)C[C@@H]12. The van der Waals surface area contributed by atoms with Gasteiger partial charge in [0.2, 0.25) is 11.8 Å². The first-order chi connectivity index (χ1) is 20.4. The van der Waals surface area contributed by atoms with Crippen LogP contribution in [0.1, 0.15) is 50.5 Å². The lowest BCUT2D eigenvalue weighted by Crippen LogP contribution is -2.55. The summed E-state index contributed by atoms with van der Waals surface area (Å²) in [6.07, 6.45) is 8.17. The molecule has 42 heavy (non-hydrogen) atoms. The van der Waals surface area contributed by atoms with Crippen LogP contribution in [0, 0.1) is 5.92 Å². The fraction of sp³-hybridized carbons (Fsp3) is 0.438. The van der Waals surface area contributed by atoms with E-state index in [2.05, 4.69) is 15.6 Å². The van der Waals surface area contributed by atoms with Crippen LogP contribution >= 0.6 is 0 Å². The van der Waals surface area contributed by atoms with Gasteiger partial charge < -0.3 is 29.8 Å². The fourth-order valence-corrected chi connectivity index (χ4v) is 6.08. The van der Waals surface area contributed by atoms with Crippen molar-refractivity contribution in [3.63, 3.8) is 0 Å². The number of carboxylic acids is 1. The van der Waals surface area contributed by atoms with Crippen molar-refractivity contribution in [1.82, 2.24) is 20.5 Å². The molecule has 2 aliphatic heterocycles. The minimum Gasteiger partial charge on any atom is -0.479 e. The number of nitrogens with one attached hydrogen (secondary N) is 2. The second-order valence-corrected chi connectivity index (χ2v) is 11.5. The lowest BCUT2D eigenvalue weighted by molar-refractivity contribution is -0.145. The molecule has 1 saturated carbocycles. The number of rotatable bonds is 6. The Kier molecular flexibility index (Phi) is 7.97. The van der Waals surface area contributed by atoms with Crippen molar-refractivity contribution in [3.8, 4) is 6.08 Å². The molecule has 1 aromatic heterocycles. The number of hydrogen-bond acceptors (Lipinski definition) is 7. The molecule has 220 valence electrons. The number of oxazole rings is 1. The Bertz CT molecular complexity index is 1440. The first kappa shape index (κ1) is 28.0. The molecule has 1 saturated heterocycles. The van der Waals surface area contributed by atoms with Crippen LogP contribution in [0.5, 0.6) is 6.08 Å². The third-order valence-electron chi connectivity index (χ3n) is 8.56. The van der Waals surface area contributed by atoms with E-state index in [9.17, 15) is 19.5 Å². The van der Waals surface area contributed by atoms with Crippen LogP contribution in [-0.4, -0.2) is 63.0 Å². The van der Waals surface area contributed by atoms with E-state index < -0.39 is 35.6 Å². The number of carboxylic acid groups (broad SMARTS) is 1. The molecule has 10 heteroatoms. The maximum atomic E-state index is 14.1. The molecule has 1 aliphatic carbocycles. The molecule has 3 heterocycles. The minimum absolute atomic E-state index is 0.0740. The number of amides is 2. The van der Waals surface area contributed by atoms with Gasteiger partial charge in [-0.05, 0) is 43.4 Å². The number of aliphatic carboxylic acids is 1. The highest BCUT2D eigenvalue weighted by Gasteiger charge is 2.61. The van der Waals surface area contributed by atoms with E-state index >= 15 is 0 Å². The van der Waals surface area contributed by atoms with Crippen LogP contribution in [0.2, 0.25) is 0 Å². The molecule has 5 atom stereocenters. The van der Waals surface area contributed by atoms with Crippen molar-refractivity contribution in [2.24, 2.45) is 5.92 Å². The van der Waals surface area contributed by atoms with E-state index in [0.29, 0.717) is 30.5 Å². The maximum Gasteiger partial charge on any atom is 0.394 e. The summed E-state index contributed by atoms with van der Waals surface area (Å²) in [6, 6.07) is 15.8. The Morgan fingerprint density at radius 2 is 1.93 bits per heavy atom. The number of hydrogen-bond donors (Lipinski definition) is 3. The third kappa shape index (κ3) is 5.90. The van der Waals surface area contributed by atoms with Gasteiger partial charge in [0, 0.05) is 18.9 Å². The van der Waals surface area contributed by atoms with Crippen molar-refractivity contribution >= 4 is 28.9 Å². The zero-order valence-corrected chi connectivity index (χ0v) is 23.4. The quantitative estimate of drug-likeness (QED) is 0.380. The summed E-state index contributed by atoms with van der Waals surface area (Å²) < 4.78 is 11.8. The smallest absolute Gasteiger partial charge is 0.394 e. The van der Waals surface area contributed by atoms with Crippen molar-refractivity contribution in [3.05, 3.63) is 72.3 Å². The molecule has 0 radical (unpaired) electrons. The second-order valence-electron chi connectivity index (χ2n) is 11.5. The van der Waals surface area contributed by atoms with E-state index in [1.54, 1.807) is 11.0 Å². The van der Waals surface area contributed by atoms with Crippen LogP contribution in [0.15, 0.2) is 71.2 Å². The number of nitrogens with zero attached hydrogens (tertiary/aromatic N) is 2.